The van der Waals surface area contributed by atoms with Crippen LogP contribution in [-0.4, -0.2) is 51.2 Å². The lowest BCUT2D eigenvalue weighted by Crippen LogP contribution is -2.55. The zero-order chi connectivity index (χ0) is 18.3. The summed E-state index contributed by atoms with van der Waals surface area (Å²) in [6, 6.07) is 9.16. The summed E-state index contributed by atoms with van der Waals surface area (Å²) in [5.74, 6) is -0.410. The Kier molecular flexibility index (Phi) is 3.75. The lowest BCUT2D eigenvalue weighted by atomic mass is 9.87. The van der Waals surface area contributed by atoms with Gasteiger partial charge in [-0.1, -0.05) is 18.2 Å². The van der Waals surface area contributed by atoms with Crippen molar-refractivity contribution in [1.29, 1.82) is 0 Å². The fourth-order valence-corrected chi connectivity index (χ4v) is 3.59. The molecule has 0 unspecified atom stereocenters. The Hall–Kier alpha value is -3.16. The number of imide groups is 1. The Morgan fingerprint density at radius 2 is 1.85 bits per heavy atom. The molecule has 2 aliphatic rings. The van der Waals surface area contributed by atoms with E-state index in [9.17, 15) is 14.4 Å². The van der Waals surface area contributed by atoms with Crippen molar-refractivity contribution in [2.24, 2.45) is 0 Å². The first-order chi connectivity index (χ1) is 12.5. The Balaban J connectivity index is 1.51. The van der Waals surface area contributed by atoms with E-state index in [0.29, 0.717) is 31.5 Å². The Bertz CT molecular complexity index is 881. The molecule has 0 bridgehead atoms. The third-order valence-corrected chi connectivity index (χ3v) is 5.16. The van der Waals surface area contributed by atoms with Gasteiger partial charge in [-0.05, 0) is 31.9 Å². The number of nitrogens with zero attached hydrogens (tertiary/aromatic N) is 3. The van der Waals surface area contributed by atoms with E-state index in [2.05, 4.69) is 15.7 Å². The van der Waals surface area contributed by atoms with Crippen LogP contribution in [0.15, 0.2) is 36.5 Å². The van der Waals surface area contributed by atoms with Crippen LogP contribution in [0.5, 0.6) is 0 Å². The highest BCUT2D eigenvalue weighted by Gasteiger charge is 2.48. The molecule has 0 radical (unpaired) electrons. The van der Waals surface area contributed by atoms with Crippen molar-refractivity contribution in [3.8, 4) is 5.69 Å². The highest BCUT2D eigenvalue weighted by Crippen LogP contribution is 2.27. The Morgan fingerprint density at radius 1 is 1.15 bits per heavy atom. The van der Waals surface area contributed by atoms with Crippen molar-refractivity contribution >= 4 is 17.8 Å². The normalized spacial score (nSPS) is 18.7. The predicted octanol–water partition coefficient (Wildman–Crippen LogP) is 0.995. The predicted molar refractivity (Wildman–Crippen MR) is 92.8 cm³/mol. The largest absolute Gasteiger partial charge is 0.338 e. The van der Waals surface area contributed by atoms with Gasteiger partial charge in [-0.15, -0.1) is 0 Å². The molecule has 3 heterocycles. The van der Waals surface area contributed by atoms with E-state index in [1.165, 1.54) is 0 Å². The van der Waals surface area contributed by atoms with Gasteiger partial charge in [-0.3, -0.25) is 14.9 Å². The number of para-hydroxylation sites is 1. The molecule has 2 N–H and O–H groups in total. The van der Waals surface area contributed by atoms with Crippen LogP contribution in [-0.2, 0) is 4.79 Å². The van der Waals surface area contributed by atoms with E-state index in [0.717, 1.165) is 11.4 Å². The molecule has 2 fully saturated rings. The van der Waals surface area contributed by atoms with Gasteiger partial charge in [0.05, 0.1) is 23.1 Å². The van der Waals surface area contributed by atoms with Crippen LogP contribution >= 0.6 is 0 Å². The molecule has 1 spiro atoms. The Labute approximate surface area is 150 Å². The van der Waals surface area contributed by atoms with Crippen LogP contribution in [0.4, 0.5) is 4.79 Å². The lowest BCUT2D eigenvalue weighted by molar-refractivity contribution is -0.125. The molecule has 26 heavy (non-hydrogen) atoms. The summed E-state index contributed by atoms with van der Waals surface area (Å²) in [7, 11) is 0. The number of hydrogen-bond donors (Lipinski definition) is 2. The minimum absolute atomic E-state index is 0.107. The first kappa shape index (κ1) is 16.3. The molecule has 1 aromatic heterocycles. The highest BCUT2D eigenvalue weighted by molar-refractivity contribution is 6.07. The maximum absolute atomic E-state index is 12.9. The van der Waals surface area contributed by atoms with Gasteiger partial charge in [0, 0.05) is 13.1 Å². The standard InChI is InChI=1S/C18H19N5O3/c1-12-14(11-19-23(12)13-5-3-2-4-6-13)15(24)22-9-7-18(8-10-22)16(25)20-17(26)21-18/h2-6,11H,7-10H2,1H3,(H2,20,21,25,26). The summed E-state index contributed by atoms with van der Waals surface area (Å²) in [5, 5.41) is 9.32. The van der Waals surface area contributed by atoms with Gasteiger partial charge in [0.25, 0.3) is 11.8 Å². The van der Waals surface area contributed by atoms with Gasteiger partial charge >= 0.3 is 6.03 Å². The second-order valence-electron chi connectivity index (χ2n) is 6.67. The van der Waals surface area contributed by atoms with Crippen LogP contribution in [0.1, 0.15) is 28.9 Å². The van der Waals surface area contributed by atoms with Crippen molar-refractivity contribution < 1.29 is 14.4 Å². The quantitative estimate of drug-likeness (QED) is 0.787. The third kappa shape index (κ3) is 2.54. The fourth-order valence-electron chi connectivity index (χ4n) is 3.59. The molecule has 134 valence electrons. The number of likely N-dealkylation sites (tertiary alicyclic amines) is 1. The van der Waals surface area contributed by atoms with E-state index in [4.69, 9.17) is 0 Å². The van der Waals surface area contributed by atoms with E-state index in [1.807, 2.05) is 37.3 Å². The molecule has 8 heteroatoms. The Morgan fingerprint density at radius 3 is 2.46 bits per heavy atom. The molecule has 2 saturated heterocycles. The van der Waals surface area contributed by atoms with Gasteiger partial charge in [-0.2, -0.15) is 5.10 Å². The van der Waals surface area contributed by atoms with Crippen molar-refractivity contribution in [3.63, 3.8) is 0 Å². The van der Waals surface area contributed by atoms with Crippen LogP contribution in [0.25, 0.3) is 5.69 Å². The number of carbonyl (C=O) groups excluding carboxylic acids is 3. The molecule has 4 rings (SSSR count). The number of rotatable bonds is 2. The van der Waals surface area contributed by atoms with Crippen molar-refractivity contribution in [1.82, 2.24) is 25.3 Å². The summed E-state index contributed by atoms with van der Waals surface area (Å²) < 4.78 is 1.74. The summed E-state index contributed by atoms with van der Waals surface area (Å²) in [4.78, 5) is 38.0. The molecular formula is C18H19N5O3. The number of benzene rings is 1. The zero-order valence-corrected chi connectivity index (χ0v) is 14.4. The molecular weight excluding hydrogens is 334 g/mol. The highest BCUT2D eigenvalue weighted by atomic mass is 16.2. The third-order valence-electron chi connectivity index (χ3n) is 5.16. The number of amides is 4. The van der Waals surface area contributed by atoms with E-state index in [-0.39, 0.29) is 11.8 Å². The smallest absolute Gasteiger partial charge is 0.322 e. The van der Waals surface area contributed by atoms with Gasteiger partial charge in [0.15, 0.2) is 0 Å². The number of piperidine rings is 1. The average molecular weight is 353 g/mol. The second kappa shape index (κ2) is 5.98. The van der Waals surface area contributed by atoms with E-state index in [1.54, 1.807) is 15.8 Å². The zero-order valence-electron chi connectivity index (χ0n) is 14.4. The summed E-state index contributed by atoms with van der Waals surface area (Å²) in [6.45, 7) is 2.67. The molecule has 0 atom stereocenters. The van der Waals surface area contributed by atoms with Crippen LogP contribution in [0, 0.1) is 6.92 Å². The molecule has 2 aromatic rings. The average Bonchev–Trinajstić information content (AvgIpc) is 3.15. The summed E-state index contributed by atoms with van der Waals surface area (Å²) in [5.41, 5.74) is 1.34. The molecule has 0 aliphatic carbocycles. The molecule has 1 aromatic carbocycles. The minimum atomic E-state index is -0.878. The number of aromatic nitrogens is 2. The maximum atomic E-state index is 12.9. The lowest BCUT2D eigenvalue weighted by Gasteiger charge is -2.36. The summed E-state index contributed by atoms with van der Waals surface area (Å²) in [6.07, 6.45) is 2.39. The monoisotopic (exact) mass is 353 g/mol. The van der Waals surface area contributed by atoms with E-state index < -0.39 is 11.6 Å². The minimum Gasteiger partial charge on any atom is -0.338 e. The maximum Gasteiger partial charge on any atom is 0.322 e. The van der Waals surface area contributed by atoms with Crippen molar-refractivity contribution in [2.75, 3.05) is 13.1 Å². The number of nitrogens with one attached hydrogen (secondary N) is 2. The number of hydrogen-bond acceptors (Lipinski definition) is 4. The summed E-state index contributed by atoms with van der Waals surface area (Å²) >= 11 is 0. The van der Waals surface area contributed by atoms with Crippen molar-refractivity contribution in [3.05, 3.63) is 47.8 Å². The van der Waals surface area contributed by atoms with Gasteiger partial charge in [-0.25, -0.2) is 9.48 Å². The first-order valence-corrected chi connectivity index (χ1v) is 8.53. The number of urea groups is 1. The number of carbonyl (C=O) groups is 3. The topological polar surface area (TPSA) is 96.3 Å². The molecule has 8 nitrogen and oxygen atoms in total. The van der Waals surface area contributed by atoms with Crippen molar-refractivity contribution in [2.45, 2.75) is 25.3 Å². The van der Waals surface area contributed by atoms with Crippen LogP contribution < -0.4 is 10.6 Å². The first-order valence-electron chi connectivity index (χ1n) is 8.53. The molecule has 0 saturated carbocycles. The van der Waals surface area contributed by atoms with Gasteiger partial charge in [0.2, 0.25) is 0 Å². The van der Waals surface area contributed by atoms with Crippen LogP contribution in [0.2, 0.25) is 0 Å². The fraction of sp³-hybridized carbons (Fsp3) is 0.333. The SMILES string of the molecule is Cc1c(C(=O)N2CCC3(CC2)NC(=O)NC3=O)cnn1-c1ccccc1. The molecule has 2 aliphatic heterocycles. The van der Waals surface area contributed by atoms with Gasteiger partial charge in [0.1, 0.15) is 5.54 Å². The molecule has 4 amide bonds. The van der Waals surface area contributed by atoms with Crippen LogP contribution in [0.3, 0.4) is 0 Å². The van der Waals surface area contributed by atoms with Gasteiger partial charge < -0.3 is 10.2 Å². The second-order valence-corrected chi connectivity index (χ2v) is 6.67. The van der Waals surface area contributed by atoms with E-state index >= 15 is 0 Å².